The zero-order valence-electron chi connectivity index (χ0n) is 20.7. The van der Waals surface area contributed by atoms with Crippen molar-refractivity contribution in [1.82, 2.24) is 0 Å². The number of hydrogen-bond acceptors (Lipinski definition) is 4. The van der Waals surface area contributed by atoms with Gasteiger partial charge in [-0.1, -0.05) is 38.0 Å². The third-order valence-electron chi connectivity index (χ3n) is 8.00. The van der Waals surface area contributed by atoms with Crippen molar-refractivity contribution < 1.29 is 19.3 Å². The molecular weight excluding hydrogens is 400 g/mol. The molecule has 1 spiro atoms. The Hall–Kier alpha value is -2.20. The first-order valence-corrected chi connectivity index (χ1v) is 11.8. The number of hydrogen-bond donors (Lipinski definition) is 1. The molecule has 174 valence electrons. The highest BCUT2D eigenvalue weighted by atomic mass is 16.7. The van der Waals surface area contributed by atoms with E-state index in [1.54, 1.807) is 7.11 Å². The topological polar surface area (TPSA) is 47.9 Å². The number of phenols is 1. The number of aryl methyl sites for hydroxylation is 1. The predicted octanol–water partition coefficient (Wildman–Crippen LogP) is 6.76. The van der Waals surface area contributed by atoms with Crippen LogP contribution in [0.5, 0.6) is 11.5 Å². The van der Waals surface area contributed by atoms with Crippen LogP contribution in [0, 0.1) is 17.8 Å². The smallest absolute Gasteiger partial charge is 0.236 e. The summed E-state index contributed by atoms with van der Waals surface area (Å²) in [5.41, 5.74) is 2.52. The summed E-state index contributed by atoms with van der Waals surface area (Å²) in [5, 5.41) is 10.5. The number of ether oxygens (including phenoxy) is 3. The molecule has 32 heavy (non-hydrogen) atoms. The summed E-state index contributed by atoms with van der Waals surface area (Å²) in [7, 11) is 1.65. The van der Waals surface area contributed by atoms with Crippen molar-refractivity contribution in [3.63, 3.8) is 0 Å². The summed E-state index contributed by atoms with van der Waals surface area (Å²) in [4.78, 5) is 0. The molecule has 2 aliphatic heterocycles. The van der Waals surface area contributed by atoms with Crippen LogP contribution in [0.4, 0.5) is 0 Å². The van der Waals surface area contributed by atoms with Gasteiger partial charge in [0.05, 0.1) is 12.7 Å². The molecule has 1 N–H and O–H groups in total. The van der Waals surface area contributed by atoms with Gasteiger partial charge < -0.3 is 19.3 Å². The molecule has 3 aliphatic rings. The average Bonchev–Trinajstić information content (AvgIpc) is 3.20. The maximum absolute atomic E-state index is 10.5. The summed E-state index contributed by atoms with van der Waals surface area (Å²) in [6, 6.07) is 3.76. The van der Waals surface area contributed by atoms with Crippen LogP contribution in [0.1, 0.15) is 71.4 Å². The van der Waals surface area contributed by atoms with E-state index in [9.17, 15) is 5.11 Å². The maximum Gasteiger partial charge on any atom is 0.236 e. The number of phenolic OH excluding ortho intramolecular Hbond substituents is 1. The molecule has 0 aromatic heterocycles. The van der Waals surface area contributed by atoms with Crippen molar-refractivity contribution in [2.75, 3.05) is 7.11 Å². The Balaban J connectivity index is 1.58. The number of fused-ring (bicyclic) bond motifs is 2. The Morgan fingerprint density at radius 1 is 1.16 bits per heavy atom. The molecule has 0 amide bonds. The number of methoxy groups -OCH3 is 1. The van der Waals surface area contributed by atoms with Gasteiger partial charge in [0.1, 0.15) is 17.3 Å². The zero-order chi connectivity index (χ0) is 23.4. The fourth-order valence-corrected chi connectivity index (χ4v) is 5.80. The summed E-state index contributed by atoms with van der Waals surface area (Å²) in [5.74, 6) is 1.37. The van der Waals surface area contributed by atoms with Gasteiger partial charge in [0.25, 0.3) is 0 Å². The second-order valence-electron chi connectivity index (χ2n) is 10.9. The van der Waals surface area contributed by atoms with Crippen molar-refractivity contribution in [3.8, 4) is 11.5 Å². The van der Waals surface area contributed by atoms with Crippen LogP contribution >= 0.6 is 0 Å². The van der Waals surface area contributed by atoms with E-state index >= 15 is 0 Å². The van der Waals surface area contributed by atoms with E-state index in [4.69, 9.17) is 14.2 Å². The van der Waals surface area contributed by atoms with Crippen LogP contribution in [-0.4, -0.2) is 23.6 Å². The van der Waals surface area contributed by atoms with E-state index in [0.717, 1.165) is 41.9 Å². The van der Waals surface area contributed by atoms with E-state index in [2.05, 4.69) is 58.9 Å². The van der Waals surface area contributed by atoms with Crippen molar-refractivity contribution in [2.24, 2.45) is 10.8 Å². The van der Waals surface area contributed by atoms with E-state index in [0.29, 0.717) is 12.2 Å². The van der Waals surface area contributed by atoms with Gasteiger partial charge in [-0.3, -0.25) is 0 Å². The fraction of sp³-hybridized carbons (Fsp3) is 0.571. The lowest BCUT2D eigenvalue weighted by Crippen LogP contribution is -2.57. The zero-order valence-corrected chi connectivity index (χ0v) is 20.7. The standard InChI is InChI=1S/C28H38O4/c1-19(9-10-21-17-22(30-7)16-20(2)24(21)29)15-23-18-26(5)11-8-12-27(26,6)28(31-23)14-13-25(3,4)32-28/h9,13-14,16-18,29H,8,10-12,15H2,1-7H3/b19-9+/t26-,27-,28?/m0/s1. The Morgan fingerprint density at radius 3 is 2.56 bits per heavy atom. The molecule has 4 rings (SSSR count). The Kier molecular flexibility index (Phi) is 5.52. The molecule has 4 nitrogen and oxygen atoms in total. The Labute approximate surface area is 193 Å². The van der Waals surface area contributed by atoms with Crippen molar-refractivity contribution in [2.45, 2.75) is 85.0 Å². The fourth-order valence-electron chi connectivity index (χ4n) is 5.80. The summed E-state index contributed by atoms with van der Waals surface area (Å²) >= 11 is 0. The van der Waals surface area contributed by atoms with Gasteiger partial charge in [-0.15, -0.1) is 0 Å². The minimum absolute atomic E-state index is 0.0355. The van der Waals surface area contributed by atoms with Gasteiger partial charge in [-0.05, 0) is 76.8 Å². The Bertz CT molecular complexity index is 1000. The number of allylic oxidation sites excluding steroid dienone is 3. The summed E-state index contributed by atoms with van der Waals surface area (Å²) in [6.07, 6.45) is 13.6. The monoisotopic (exact) mass is 438 g/mol. The highest BCUT2D eigenvalue weighted by Gasteiger charge is 2.66. The third-order valence-corrected chi connectivity index (χ3v) is 8.00. The van der Waals surface area contributed by atoms with E-state index in [1.165, 1.54) is 12.0 Å². The molecule has 1 aromatic rings. The lowest BCUT2D eigenvalue weighted by atomic mass is 9.61. The molecule has 0 bridgehead atoms. The first-order chi connectivity index (χ1) is 14.9. The number of rotatable bonds is 5. The lowest BCUT2D eigenvalue weighted by Gasteiger charge is -2.54. The molecule has 1 saturated carbocycles. The van der Waals surface area contributed by atoms with Gasteiger partial charge in [0.2, 0.25) is 5.79 Å². The van der Waals surface area contributed by atoms with Crippen LogP contribution in [0.3, 0.4) is 0 Å². The van der Waals surface area contributed by atoms with Crippen LogP contribution in [-0.2, 0) is 15.9 Å². The van der Waals surface area contributed by atoms with Gasteiger partial charge >= 0.3 is 0 Å². The Morgan fingerprint density at radius 2 is 1.91 bits per heavy atom. The summed E-state index contributed by atoms with van der Waals surface area (Å²) in [6.45, 7) is 12.9. The normalized spacial score (nSPS) is 33.2. The van der Waals surface area contributed by atoms with Gasteiger partial charge in [-0.25, -0.2) is 0 Å². The molecule has 1 fully saturated rings. The molecule has 1 aromatic carbocycles. The van der Waals surface area contributed by atoms with E-state index in [1.807, 2.05) is 19.1 Å². The molecule has 0 saturated heterocycles. The van der Waals surface area contributed by atoms with Crippen LogP contribution in [0.25, 0.3) is 0 Å². The second kappa shape index (κ2) is 7.69. The average molecular weight is 439 g/mol. The molecule has 0 radical (unpaired) electrons. The minimum atomic E-state index is -0.714. The lowest BCUT2D eigenvalue weighted by molar-refractivity contribution is -0.292. The maximum atomic E-state index is 10.5. The van der Waals surface area contributed by atoms with Crippen molar-refractivity contribution in [1.29, 1.82) is 0 Å². The SMILES string of the molecule is COc1cc(C)c(O)c(C/C=C(\C)CC2=C[C@]3(C)CCC[C@]3(C)C3(C=CC(C)(C)O3)O2)c1. The molecule has 2 heterocycles. The van der Waals surface area contributed by atoms with E-state index < -0.39 is 5.79 Å². The first kappa shape index (κ1) is 23.0. The predicted molar refractivity (Wildman–Crippen MR) is 128 cm³/mol. The van der Waals surface area contributed by atoms with Crippen molar-refractivity contribution >= 4 is 0 Å². The van der Waals surface area contributed by atoms with Crippen LogP contribution < -0.4 is 4.74 Å². The summed E-state index contributed by atoms with van der Waals surface area (Å²) < 4.78 is 18.7. The molecule has 1 aliphatic carbocycles. The highest BCUT2D eigenvalue weighted by Crippen LogP contribution is 2.66. The van der Waals surface area contributed by atoms with Crippen LogP contribution in [0.15, 0.2) is 47.8 Å². The van der Waals surface area contributed by atoms with Gasteiger partial charge in [-0.2, -0.15) is 0 Å². The number of aromatic hydroxyl groups is 1. The molecular formula is C28H38O4. The second-order valence-corrected chi connectivity index (χ2v) is 10.9. The molecule has 4 heteroatoms. The van der Waals surface area contributed by atoms with Crippen molar-refractivity contribution in [3.05, 3.63) is 58.9 Å². The number of benzene rings is 1. The minimum Gasteiger partial charge on any atom is -0.507 e. The molecule has 3 atom stereocenters. The third kappa shape index (κ3) is 3.67. The quantitative estimate of drug-likeness (QED) is 0.516. The first-order valence-electron chi connectivity index (χ1n) is 11.8. The largest absolute Gasteiger partial charge is 0.507 e. The highest BCUT2D eigenvalue weighted by molar-refractivity contribution is 5.46. The van der Waals surface area contributed by atoms with Crippen LogP contribution in [0.2, 0.25) is 0 Å². The van der Waals surface area contributed by atoms with Gasteiger partial charge in [0.15, 0.2) is 0 Å². The van der Waals surface area contributed by atoms with Gasteiger partial charge in [0, 0.05) is 22.8 Å². The molecule has 1 unspecified atom stereocenters. The van der Waals surface area contributed by atoms with E-state index in [-0.39, 0.29) is 16.4 Å².